The molecule has 1 aliphatic carbocycles. The van der Waals surface area contributed by atoms with Gasteiger partial charge in [-0.15, -0.1) is 0 Å². The van der Waals surface area contributed by atoms with Crippen LogP contribution in [0.15, 0.2) is 41.5 Å². The Bertz CT molecular complexity index is 811. The Balaban J connectivity index is 2.62. The summed E-state index contributed by atoms with van der Waals surface area (Å²) in [5, 5.41) is 0. The Morgan fingerprint density at radius 3 is 2.39 bits per heavy atom. The summed E-state index contributed by atoms with van der Waals surface area (Å²) in [6.07, 6.45) is -4.82. The predicted octanol–water partition coefficient (Wildman–Crippen LogP) is 4.80. The molecule has 2 atom stereocenters. The smallest absolute Gasteiger partial charge is 0.418 e. The fourth-order valence-electron chi connectivity index (χ4n) is 3.46. The molecular weight excluding hydrogens is 381 g/mol. The van der Waals surface area contributed by atoms with Crippen LogP contribution < -0.4 is 5.73 Å². The molecule has 3 nitrogen and oxygen atoms in total. The van der Waals surface area contributed by atoms with Gasteiger partial charge in [0.05, 0.1) is 18.9 Å². The van der Waals surface area contributed by atoms with Crippen molar-refractivity contribution in [1.29, 1.82) is 0 Å². The summed E-state index contributed by atoms with van der Waals surface area (Å²) >= 11 is 0. The quantitative estimate of drug-likeness (QED) is 0.568. The van der Waals surface area contributed by atoms with Crippen molar-refractivity contribution in [3.05, 3.63) is 52.6 Å². The number of hydrogen-bond donors (Lipinski definition) is 1. The molecule has 1 aromatic carbocycles. The third-order valence-corrected chi connectivity index (χ3v) is 4.76. The number of alkyl halides is 5. The normalized spacial score (nSPS) is 20.6. The van der Waals surface area contributed by atoms with E-state index in [-0.39, 0.29) is 12.2 Å². The second kappa shape index (κ2) is 8.03. The van der Waals surface area contributed by atoms with Crippen molar-refractivity contribution in [1.82, 2.24) is 0 Å². The van der Waals surface area contributed by atoms with Crippen LogP contribution in [0.2, 0.25) is 0 Å². The minimum atomic E-state index is -5.25. The van der Waals surface area contributed by atoms with Gasteiger partial charge in [0.2, 0.25) is 0 Å². The number of carbonyl (C=O) groups excluding carboxylic acids is 1. The standard InChI is InChI=1S/C20H22F5NO2/c1-4-28-17(27)10-16(26)15-9-14(13-8-6-5-7-11(13)2)12(3)18(19(15,21)22)20(23,24)25/h5-9,15-16H,4,10,26H2,1-3H3. The number of esters is 1. The maximum atomic E-state index is 14.9. The van der Waals surface area contributed by atoms with Crippen LogP contribution in [0.1, 0.15) is 31.4 Å². The van der Waals surface area contributed by atoms with Gasteiger partial charge in [0.25, 0.3) is 5.92 Å². The largest absolute Gasteiger partial charge is 0.466 e. The second-order valence-corrected chi connectivity index (χ2v) is 6.71. The molecular formula is C20H22F5NO2. The molecule has 0 heterocycles. The van der Waals surface area contributed by atoms with E-state index in [1.807, 2.05) is 0 Å². The molecule has 154 valence electrons. The first kappa shape index (κ1) is 22.1. The van der Waals surface area contributed by atoms with Crippen LogP contribution in [0.5, 0.6) is 0 Å². The lowest BCUT2D eigenvalue weighted by Crippen LogP contribution is -2.48. The Morgan fingerprint density at radius 1 is 1.25 bits per heavy atom. The molecule has 1 aliphatic rings. The average molecular weight is 403 g/mol. The number of halogens is 5. The molecule has 2 rings (SSSR count). The van der Waals surface area contributed by atoms with E-state index in [1.54, 1.807) is 31.2 Å². The number of aryl methyl sites for hydroxylation is 1. The van der Waals surface area contributed by atoms with Crippen LogP contribution in [0.4, 0.5) is 22.0 Å². The fraction of sp³-hybridized carbons (Fsp3) is 0.450. The Hall–Kier alpha value is -2.22. The Kier molecular flexibility index (Phi) is 6.33. The van der Waals surface area contributed by atoms with Crippen LogP contribution in [-0.4, -0.2) is 30.7 Å². The monoisotopic (exact) mass is 403 g/mol. The molecule has 0 spiro atoms. The van der Waals surface area contributed by atoms with Crippen molar-refractivity contribution >= 4 is 11.5 Å². The Labute approximate surface area is 160 Å². The third-order valence-electron chi connectivity index (χ3n) is 4.76. The molecule has 1 aromatic rings. The number of carbonyl (C=O) groups is 1. The lowest BCUT2D eigenvalue weighted by Gasteiger charge is -2.37. The van der Waals surface area contributed by atoms with E-state index in [4.69, 9.17) is 10.5 Å². The Morgan fingerprint density at radius 2 is 1.86 bits per heavy atom. The van der Waals surface area contributed by atoms with Crippen molar-refractivity contribution in [3.63, 3.8) is 0 Å². The van der Waals surface area contributed by atoms with Gasteiger partial charge < -0.3 is 10.5 Å². The number of nitrogens with two attached hydrogens (primary N) is 1. The number of hydrogen-bond acceptors (Lipinski definition) is 3. The molecule has 8 heteroatoms. The molecule has 0 aromatic heterocycles. The molecule has 0 aliphatic heterocycles. The highest BCUT2D eigenvalue weighted by Crippen LogP contribution is 2.51. The predicted molar refractivity (Wildman–Crippen MR) is 95.6 cm³/mol. The van der Waals surface area contributed by atoms with Gasteiger partial charge in [-0.2, -0.15) is 13.2 Å². The highest BCUT2D eigenvalue weighted by atomic mass is 19.4. The van der Waals surface area contributed by atoms with E-state index >= 15 is 0 Å². The summed E-state index contributed by atoms with van der Waals surface area (Å²) in [4.78, 5) is 11.7. The van der Waals surface area contributed by atoms with E-state index in [9.17, 15) is 26.7 Å². The van der Waals surface area contributed by atoms with Crippen LogP contribution >= 0.6 is 0 Å². The minimum Gasteiger partial charge on any atom is -0.466 e. The van der Waals surface area contributed by atoms with Crippen molar-refractivity contribution in [2.45, 2.75) is 45.3 Å². The van der Waals surface area contributed by atoms with E-state index in [1.165, 1.54) is 6.92 Å². The first-order chi connectivity index (χ1) is 12.9. The molecule has 0 amide bonds. The first-order valence-corrected chi connectivity index (χ1v) is 8.77. The summed E-state index contributed by atoms with van der Waals surface area (Å²) in [6, 6.07) is 5.01. The molecule has 0 radical (unpaired) electrons. The summed E-state index contributed by atoms with van der Waals surface area (Å²) in [5.41, 5.74) is 4.38. The molecule has 0 bridgehead atoms. The first-order valence-electron chi connectivity index (χ1n) is 8.77. The molecule has 28 heavy (non-hydrogen) atoms. The van der Waals surface area contributed by atoms with Crippen LogP contribution in [0.3, 0.4) is 0 Å². The topological polar surface area (TPSA) is 52.3 Å². The van der Waals surface area contributed by atoms with E-state index < -0.39 is 47.6 Å². The maximum Gasteiger partial charge on any atom is 0.418 e. The van der Waals surface area contributed by atoms with Crippen molar-refractivity contribution in [2.75, 3.05) is 6.61 Å². The van der Waals surface area contributed by atoms with Gasteiger partial charge in [0.1, 0.15) is 5.57 Å². The zero-order valence-electron chi connectivity index (χ0n) is 15.7. The maximum absolute atomic E-state index is 14.9. The number of ether oxygens (including phenoxy) is 1. The van der Waals surface area contributed by atoms with Gasteiger partial charge in [-0.3, -0.25) is 4.79 Å². The van der Waals surface area contributed by atoms with Gasteiger partial charge in [0.15, 0.2) is 0 Å². The lowest BCUT2D eigenvalue weighted by atomic mass is 9.75. The molecule has 2 N–H and O–H groups in total. The third kappa shape index (κ3) is 4.27. The van der Waals surface area contributed by atoms with Crippen molar-refractivity contribution in [3.8, 4) is 0 Å². The molecule has 0 saturated carbocycles. The van der Waals surface area contributed by atoms with E-state index in [0.29, 0.717) is 11.1 Å². The summed E-state index contributed by atoms with van der Waals surface area (Å²) in [6.45, 7) is 4.26. The van der Waals surface area contributed by atoms with E-state index in [2.05, 4.69) is 0 Å². The van der Waals surface area contributed by atoms with Crippen LogP contribution in [0, 0.1) is 12.8 Å². The van der Waals surface area contributed by atoms with Gasteiger partial charge >= 0.3 is 12.1 Å². The zero-order chi connectivity index (χ0) is 21.3. The SMILES string of the molecule is CCOC(=O)CC(N)C1C=C(c2ccccc2C)C(C)=C(C(F)(F)F)C1(F)F. The molecule has 2 unspecified atom stereocenters. The highest BCUT2D eigenvalue weighted by Gasteiger charge is 2.58. The number of rotatable bonds is 5. The second-order valence-electron chi connectivity index (χ2n) is 6.71. The lowest BCUT2D eigenvalue weighted by molar-refractivity contribution is -0.147. The number of benzene rings is 1. The van der Waals surface area contributed by atoms with Gasteiger partial charge in [-0.25, -0.2) is 8.78 Å². The summed E-state index contributed by atoms with van der Waals surface area (Å²) in [5.74, 6) is -7.12. The molecule has 0 fully saturated rings. The average Bonchev–Trinajstić information content (AvgIpc) is 2.54. The van der Waals surface area contributed by atoms with Crippen molar-refractivity contribution < 1.29 is 31.5 Å². The van der Waals surface area contributed by atoms with Crippen molar-refractivity contribution in [2.24, 2.45) is 11.7 Å². The number of allylic oxidation sites excluding steroid dienone is 3. The van der Waals surface area contributed by atoms with Gasteiger partial charge in [-0.05, 0) is 43.0 Å². The highest BCUT2D eigenvalue weighted by molar-refractivity contribution is 5.83. The van der Waals surface area contributed by atoms with Gasteiger partial charge in [-0.1, -0.05) is 30.3 Å². The van der Waals surface area contributed by atoms with Crippen LogP contribution in [-0.2, 0) is 9.53 Å². The fourth-order valence-corrected chi connectivity index (χ4v) is 3.46. The molecule has 0 saturated heterocycles. The summed E-state index contributed by atoms with van der Waals surface area (Å²) < 4.78 is 75.3. The van der Waals surface area contributed by atoms with Gasteiger partial charge in [0, 0.05) is 6.04 Å². The van der Waals surface area contributed by atoms with E-state index in [0.717, 1.165) is 13.0 Å². The minimum absolute atomic E-state index is 0.0176. The van der Waals surface area contributed by atoms with Crippen LogP contribution in [0.25, 0.3) is 5.57 Å². The zero-order valence-corrected chi connectivity index (χ0v) is 15.7. The summed E-state index contributed by atoms with van der Waals surface area (Å²) in [7, 11) is 0.